The van der Waals surface area contributed by atoms with Crippen LogP contribution >= 0.6 is 0 Å². The minimum atomic E-state index is -0.591. The van der Waals surface area contributed by atoms with Crippen molar-refractivity contribution in [2.75, 3.05) is 19.8 Å². The van der Waals surface area contributed by atoms with E-state index in [-0.39, 0.29) is 31.6 Å². The van der Waals surface area contributed by atoms with Gasteiger partial charge in [-0.1, -0.05) is 207 Å². The number of hydrogen-bond acceptors (Lipinski definition) is 5. The van der Waals surface area contributed by atoms with Crippen molar-refractivity contribution in [1.82, 2.24) is 0 Å². The maximum atomic E-state index is 12.7. The Labute approximate surface area is 370 Å². The van der Waals surface area contributed by atoms with Crippen LogP contribution in [0.5, 0.6) is 0 Å². The van der Waals surface area contributed by atoms with Crippen LogP contribution in [0.25, 0.3) is 0 Å². The van der Waals surface area contributed by atoms with E-state index in [4.69, 9.17) is 14.2 Å². The van der Waals surface area contributed by atoms with Crippen molar-refractivity contribution in [3.05, 3.63) is 109 Å². The fourth-order valence-electron chi connectivity index (χ4n) is 6.25. The second-order valence-electron chi connectivity index (χ2n) is 15.6. The van der Waals surface area contributed by atoms with Gasteiger partial charge in [-0.05, 0) is 89.9 Å². The van der Waals surface area contributed by atoms with Crippen LogP contribution in [0.4, 0.5) is 0 Å². The minimum absolute atomic E-state index is 0.0347. The summed E-state index contributed by atoms with van der Waals surface area (Å²) in [5.74, 6) is -0.533. The maximum absolute atomic E-state index is 12.7. The monoisotopic (exact) mass is 831 g/mol. The van der Waals surface area contributed by atoms with E-state index >= 15 is 0 Å². The third kappa shape index (κ3) is 47.2. The predicted octanol–water partition coefficient (Wildman–Crippen LogP) is 16.4. The van der Waals surface area contributed by atoms with Crippen LogP contribution in [-0.4, -0.2) is 37.9 Å². The number of esters is 2. The zero-order chi connectivity index (χ0) is 43.5. The van der Waals surface area contributed by atoms with E-state index in [1.807, 2.05) is 6.08 Å². The standard InChI is InChI=1S/C55H90O5/c1-4-7-10-13-16-19-22-25-26-27-28-29-30-32-33-36-39-42-45-48-54(56)59-52-53(51-58-50-47-44-41-38-35-24-21-18-15-12-9-6-3)60-55(57)49-46-43-40-37-34-31-23-20-17-14-11-8-5-2/h7-8,10-11,16-17,19-20,25-26,28-29,31-34,40,43,53H,4-6,9,12-15,18,21-24,27,30,35-39,41-42,44-52H2,1-3H3/b10-7-,11-8-,19-16-,20-17-,26-25-,29-28-,33-32-,34-31-,43-40-. The summed E-state index contributed by atoms with van der Waals surface area (Å²) in [5, 5.41) is 0. The Morgan fingerprint density at radius 3 is 1.25 bits per heavy atom. The average Bonchev–Trinajstić information content (AvgIpc) is 3.25. The number of carbonyl (C=O) groups is 2. The van der Waals surface area contributed by atoms with Gasteiger partial charge in [-0.3, -0.25) is 9.59 Å². The highest BCUT2D eigenvalue weighted by molar-refractivity contribution is 5.70. The van der Waals surface area contributed by atoms with Gasteiger partial charge in [-0.2, -0.15) is 0 Å². The molecule has 340 valence electrons. The molecule has 0 spiro atoms. The molecule has 0 radical (unpaired) electrons. The molecule has 0 saturated carbocycles. The highest BCUT2D eigenvalue weighted by Gasteiger charge is 2.17. The molecule has 0 amide bonds. The summed E-state index contributed by atoms with van der Waals surface area (Å²) >= 11 is 0. The first-order chi connectivity index (χ1) is 29.6. The number of hydrogen-bond donors (Lipinski definition) is 0. The second-order valence-corrected chi connectivity index (χ2v) is 15.6. The highest BCUT2D eigenvalue weighted by atomic mass is 16.6. The molecule has 0 aliphatic carbocycles. The molecule has 0 bridgehead atoms. The third-order valence-corrected chi connectivity index (χ3v) is 9.82. The molecular formula is C55H90O5. The molecule has 60 heavy (non-hydrogen) atoms. The van der Waals surface area contributed by atoms with Crippen molar-refractivity contribution in [3.63, 3.8) is 0 Å². The van der Waals surface area contributed by atoms with Gasteiger partial charge >= 0.3 is 11.9 Å². The van der Waals surface area contributed by atoms with E-state index in [0.29, 0.717) is 19.4 Å². The number of carbonyl (C=O) groups excluding carboxylic acids is 2. The molecule has 0 aromatic heterocycles. The zero-order valence-electron chi connectivity index (χ0n) is 38.9. The molecule has 1 atom stereocenters. The van der Waals surface area contributed by atoms with Crippen LogP contribution < -0.4 is 0 Å². The largest absolute Gasteiger partial charge is 0.462 e. The molecule has 0 aliphatic rings. The van der Waals surface area contributed by atoms with Gasteiger partial charge in [0, 0.05) is 19.4 Å². The van der Waals surface area contributed by atoms with Crippen LogP contribution in [0.3, 0.4) is 0 Å². The van der Waals surface area contributed by atoms with Crippen molar-refractivity contribution in [2.45, 2.75) is 207 Å². The van der Waals surface area contributed by atoms with Crippen molar-refractivity contribution in [1.29, 1.82) is 0 Å². The van der Waals surface area contributed by atoms with Crippen molar-refractivity contribution in [3.8, 4) is 0 Å². The smallest absolute Gasteiger partial charge is 0.306 e. The first-order valence-corrected chi connectivity index (χ1v) is 24.4. The molecule has 0 aromatic carbocycles. The van der Waals surface area contributed by atoms with E-state index in [1.54, 1.807) is 0 Å². The van der Waals surface area contributed by atoms with Crippen LogP contribution in [0.2, 0.25) is 0 Å². The normalized spacial score (nSPS) is 13.2. The summed E-state index contributed by atoms with van der Waals surface area (Å²) < 4.78 is 17.3. The summed E-state index contributed by atoms with van der Waals surface area (Å²) in [4.78, 5) is 25.3. The van der Waals surface area contributed by atoms with E-state index in [2.05, 4.69) is 124 Å². The van der Waals surface area contributed by atoms with Crippen molar-refractivity contribution >= 4 is 11.9 Å². The maximum Gasteiger partial charge on any atom is 0.306 e. The molecule has 0 fully saturated rings. The number of allylic oxidation sites excluding steroid dienone is 18. The van der Waals surface area contributed by atoms with Crippen LogP contribution in [0.15, 0.2) is 109 Å². The fourth-order valence-corrected chi connectivity index (χ4v) is 6.25. The van der Waals surface area contributed by atoms with E-state index in [9.17, 15) is 9.59 Å². The highest BCUT2D eigenvalue weighted by Crippen LogP contribution is 2.13. The van der Waals surface area contributed by atoms with Gasteiger partial charge in [-0.25, -0.2) is 0 Å². The lowest BCUT2D eigenvalue weighted by Gasteiger charge is -2.18. The molecule has 0 rings (SSSR count). The number of unbranched alkanes of at least 4 members (excludes halogenated alkanes) is 14. The van der Waals surface area contributed by atoms with Gasteiger partial charge in [0.05, 0.1) is 6.61 Å². The van der Waals surface area contributed by atoms with Gasteiger partial charge in [-0.15, -0.1) is 0 Å². The Kier molecular flexibility index (Phi) is 47.1. The van der Waals surface area contributed by atoms with E-state index < -0.39 is 6.10 Å². The molecule has 5 nitrogen and oxygen atoms in total. The molecular weight excluding hydrogens is 741 g/mol. The average molecular weight is 831 g/mol. The topological polar surface area (TPSA) is 61.8 Å². The molecule has 0 aromatic rings. The third-order valence-electron chi connectivity index (χ3n) is 9.82. The Morgan fingerprint density at radius 2 is 0.783 bits per heavy atom. The molecule has 0 saturated heterocycles. The summed E-state index contributed by atoms with van der Waals surface area (Å²) in [5.41, 5.74) is 0. The summed E-state index contributed by atoms with van der Waals surface area (Å²) in [6.45, 7) is 7.47. The van der Waals surface area contributed by atoms with Crippen molar-refractivity contribution < 1.29 is 23.8 Å². The molecule has 0 heterocycles. The summed E-state index contributed by atoms with van der Waals surface area (Å²) in [6.07, 6.45) is 68.2. The molecule has 0 aliphatic heterocycles. The summed E-state index contributed by atoms with van der Waals surface area (Å²) in [7, 11) is 0. The Morgan fingerprint density at radius 1 is 0.383 bits per heavy atom. The van der Waals surface area contributed by atoms with E-state index in [1.165, 1.54) is 64.2 Å². The lowest BCUT2D eigenvalue weighted by atomic mass is 10.1. The molecule has 1 unspecified atom stereocenters. The lowest BCUT2D eigenvalue weighted by Crippen LogP contribution is -2.30. The predicted molar refractivity (Wildman–Crippen MR) is 260 cm³/mol. The van der Waals surface area contributed by atoms with Gasteiger partial charge in [0.25, 0.3) is 0 Å². The zero-order valence-corrected chi connectivity index (χ0v) is 38.9. The Bertz CT molecular complexity index is 1210. The lowest BCUT2D eigenvalue weighted by molar-refractivity contribution is -0.162. The first kappa shape index (κ1) is 56.6. The van der Waals surface area contributed by atoms with Crippen LogP contribution in [0.1, 0.15) is 201 Å². The van der Waals surface area contributed by atoms with Gasteiger partial charge in [0.15, 0.2) is 6.10 Å². The fraction of sp³-hybridized carbons (Fsp3) is 0.636. The quantitative estimate of drug-likeness (QED) is 0.0348. The second kappa shape index (κ2) is 49.9. The number of rotatable bonds is 43. The number of ether oxygens (including phenoxy) is 3. The SMILES string of the molecule is CC/C=C\C/C=C\C/C=C\C/C=C\C/C=C\CCCCCC(=O)OCC(COCCCCCCCCCCCCCC)OC(=O)CC/C=C\C/C=C\C/C=C\C/C=C\CC. The van der Waals surface area contributed by atoms with Crippen LogP contribution in [-0.2, 0) is 23.8 Å². The Hall–Kier alpha value is -3.44. The Balaban J connectivity index is 4.41. The molecule has 0 N–H and O–H groups in total. The molecule has 5 heteroatoms. The van der Waals surface area contributed by atoms with Crippen molar-refractivity contribution in [2.24, 2.45) is 0 Å². The first-order valence-electron chi connectivity index (χ1n) is 24.4. The minimum Gasteiger partial charge on any atom is -0.462 e. The van der Waals surface area contributed by atoms with E-state index in [0.717, 1.165) is 96.3 Å². The van der Waals surface area contributed by atoms with Crippen LogP contribution in [0, 0.1) is 0 Å². The summed E-state index contributed by atoms with van der Waals surface area (Å²) in [6, 6.07) is 0. The van der Waals surface area contributed by atoms with Gasteiger partial charge in [0.2, 0.25) is 0 Å². The van der Waals surface area contributed by atoms with Gasteiger partial charge in [0.1, 0.15) is 6.61 Å². The van der Waals surface area contributed by atoms with Gasteiger partial charge < -0.3 is 14.2 Å².